The number of nitrogens with two attached hydrogens (primary N) is 2. The Balaban J connectivity index is 4.76. The number of primary amides is 1. The molecule has 0 saturated heterocycles. The summed E-state index contributed by atoms with van der Waals surface area (Å²) in [5.41, 5.74) is 10.7. The van der Waals surface area contributed by atoms with Crippen LogP contribution >= 0.6 is 11.8 Å². The van der Waals surface area contributed by atoms with Gasteiger partial charge in [-0.1, -0.05) is 0 Å². The van der Waals surface area contributed by atoms with Gasteiger partial charge < -0.3 is 27.2 Å². The third-order valence-electron chi connectivity index (χ3n) is 2.77. The Morgan fingerprint density at radius 3 is 2.23 bits per heavy atom. The second-order valence-corrected chi connectivity index (χ2v) is 5.67. The van der Waals surface area contributed by atoms with Crippen LogP contribution in [0.1, 0.15) is 19.8 Å². The van der Waals surface area contributed by atoms with Gasteiger partial charge in [0.05, 0.1) is 12.5 Å². The molecular formula is C12H22N4O5S. The Morgan fingerprint density at radius 1 is 1.18 bits per heavy atom. The Hall–Kier alpha value is -1.81. The first-order chi connectivity index (χ1) is 10.2. The number of hydrogen-bond acceptors (Lipinski definition) is 6. The average molecular weight is 334 g/mol. The summed E-state index contributed by atoms with van der Waals surface area (Å²) in [7, 11) is 0. The van der Waals surface area contributed by atoms with E-state index in [1.165, 1.54) is 18.7 Å². The zero-order chi connectivity index (χ0) is 17.3. The minimum atomic E-state index is -1.33. The molecule has 0 spiro atoms. The SMILES string of the molecule is CSCC[C@H](N)C(=O)N[C@@H](CC(=O)O)C(=O)N[C@H](C)C(N)=O. The summed E-state index contributed by atoms with van der Waals surface area (Å²) in [5.74, 6) is -2.82. The molecule has 0 saturated carbocycles. The van der Waals surface area contributed by atoms with Gasteiger partial charge in [-0.25, -0.2) is 0 Å². The van der Waals surface area contributed by atoms with Gasteiger partial charge in [-0.2, -0.15) is 11.8 Å². The first-order valence-corrected chi connectivity index (χ1v) is 7.94. The molecular weight excluding hydrogens is 312 g/mol. The molecule has 0 aliphatic heterocycles. The normalized spacial score (nSPS) is 14.5. The third kappa shape index (κ3) is 7.84. The lowest BCUT2D eigenvalue weighted by atomic mass is 10.1. The Bertz CT molecular complexity index is 432. The summed E-state index contributed by atoms with van der Waals surface area (Å²) in [6, 6.07) is -3.15. The summed E-state index contributed by atoms with van der Waals surface area (Å²) >= 11 is 1.51. The molecule has 10 heteroatoms. The molecule has 0 aliphatic rings. The van der Waals surface area contributed by atoms with Gasteiger partial charge in [0.2, 0.25) is 17.7 Å². The largest absolute Gasteiger partial charge is 0.481 e. The highest BCUT2D eigenvalue weighted by Gasteiger charge is 2.27. The molecule has 0 aliphatic carbocycles. The van der Waals surface area contributed by atoms with Crippen molar-refractivity contribution < 1.29 is 24.3 Å². The quantitative estimate of drug-likeness (QED) is 0.309. The fourth-order valence-corrected chi connectivity index (χ4v) is 1.91. The maximum atomic E-state index is 11.9. The van der Waals surface area contributed by atoms with Crippen molar-refractivity contribution in [1.29, 1.82) is 0 Å². The van der Waals surface area contributed by atoms with Crippen molar-refractivity contribution in [2.45, 2.75) is 37.9 Å². The van der Waals surface area contributed by atoms with E-state index in [0.29, 0.717) is 12.2 Å². The zero-order valence-corrected chi connectivity index (χ0v) is 13.3. The van der Waals surface area contributed by atoms with Crippen LogP contribution in [0.4, 0.5) is 0 Å². The molecule has 0 aromatic heterocycles. The monoisotopic (exact) mass is 334 g/mol. The Kier molecular flexibility index (Phi) is 9.18. The van der Waals surface area contributed by atoms with Crippen LogP contribution in [0, 0.1) is 0 Å². The maximum Gasteiger partial charge on any atom is 0.305 e. The van der Waals surface area contributed by atoms with Crippen LogP contribution in [-0.4, -0.2) is 58.9 Å². The van der Waals surface area contributed by atoms with Crippen molar-refractivity contribution in [3.63, 3.8) is 0 Å². The van der Waals surface area contributed by atoms with Crippen molar-refractivity contribution in [2.24, 2.45) is 11.5 Å². The minimum absolute atomic E-state index is 0.395. The number of carboxylic acids is 1. The molecule has 0 unspecified atom stereocenters. The number of nitrogens with one attached hydrogen (secondary N) is 2. The van der Waals surface area contributed by atoms with Crippen molar-refractivity contribution in [2.75, 3.05) is 12.0 Å². The van der Waals surface area contributed by atoms with Crippen LogP contribution in [0.15, 0.2) is 0 Å². The number of amides is 3. The van der Waals surface area contributed by atoms with Gasteiger partial charge in [-0.3, -0.25) is 19.2 Å². The van der Waals surface area contributed by atoms with Gasteiger partial charge in [-0.15, -0.1) is 0 Å². The highest BCUT2D eigenvalue weighted by atomic mass is 32.2. The molecule has 0 radical (unpaired) electrons. The molecule has 0 rings (SSSR count). The predicted octanol–water partition coefficient (Wildman–Crippen LogP) is -1.98. The van der Waals surface area contributed by atoms with E-state index in [4.69, 9.17) is 16.6 Å². The van der Waals surface area contributed by atoms with Gasteiger partial charge in [0.15, 0.2) is 0 Å². The summed E-state index contributed by atoms with van der Waals surface area (Å²) in [4.78, 5) is 45.5. The lowest BCUT2D eigenvalue weighted by molar-refractivity contribution is -0.141. The summed E-state index contributed by atoms with van der Waals surface area (Å²) in [5, 5.41) is 13.3. The molecule has 22 heavy (non-hydrogen) atoms. The molecule has 0 fully saturated rings. The standard InChI is InChI=1S/C12H22N4O5S/c1-6(10(14)19)15-12(21)8(5-9(17)18)16-11(20)7(13)3-4-22-2/h6-8H,3-5,13H2,1-2H3,(H2,14,19)(H,15,21)(H,16,20)(H,17,18)/t6-,7+,8+/m1/s1. The smallest absolute Gasteiger partial charge is 0.305 e. The molecule has 7 N–H and O–H groups in total. The first kappa shape index (κ1) is 20.2. The third-order valence-corrected chi connectivity index (χ3v) is 3.41. The molecule has 0 bridgehead atoms. The van der Waals surface area contributed by atoms with Gasteiger partial charge in [0.25, 0.3) is 0 Å². The summed E-state index contributed by atoms with van der Waals surface area (Å²) in [6.45, 7) is 1.35. The lowest BCUT2D eigenvalue weighted by Gasteiger charge is -2.20. The van der Waals surface area contributed by atoms with Gasteiger partial charge in [0.1, 0.15) is 12.1 Å². The zero-order valence-electron chi connectivity index (χ0n) is 12.5. The van der Waals surface area contributed by atoms with Crippen LogP contribution in [0.3, 0.4) is 0 Å². The van der Waals surface area contributed by atoms with Crippen molar-refractivity contribution in [1.82, 2.24) is 10.6 Å². The van der Waals surface area contributed by atoms with Crippen LogP contribution in [0.5, 0.6) is 0 Å². The molecule has 3 amide bonds. The molecule has 0 aromatic carbocycles. The highest BCUT2D eigenvalue weighted by molar-refractivity contribution is 7.98. The van der Waals surface area contributed by atoms with E-state index in [-0.39, 0.29) is 0 Å². The fourth-order valence-electron chi connectivity index (χ4n) is 1.42. The van der Waals surface area contributed by atoms with Crippen molar-refractivity contribution in [3.05, 3.63) is 0 Å². The summed E-state index contributed by atoms with van der Waals surface area (Å²) in [6.07, 6.45) is 1.63. The molecule has 9 nitrogen and oxygen atoms in total. The number of rotatable bonds is 10. The van der Waals surface area contributed by atoms with Crippen molar-refractivity contribution in [3.8, 4) is 0 Å². The second kappa shape index (κ2) is 10.0. The van der Waals surface area contributed by atoms with E-state index >= 15 is 0 Å². The summed E-state index contributed by atoms with van der Waals surface area (Å²) < 4.78 is 0. The maximum absolute atomic E-state index is 11.9. The van der Waals surface area contributed by atoms with E-state index < -0.39 is 48.2 Å². The van der Waals surface area contributed by atoms with E-state index in [1.807, 2.05) is 6.26 Å². The molecule has 0 aromatic rings. The number of thioether (sulfide) groups is 1. The molecule has 3 atom stereocenters. The number of aliphatic carboxylic acids is 1. The van der Waals surface area contributed by atoms with Crippen LogP contribution in [-0.2, 0) is 19.2 Å². The Morgan fingerprint density at radius 2 is 1.77 bits per heavy atom. The predicted molar refractivity (Wildman–Crippen MR) is 82.0 cm³/mol. The number of hydrogen-bond donors (Lipinski definition) is 5. The van der Waals surface area contributed by atoms with E-state index in [1.54, 1.807) is 0 Å². The van der Waals surface area contributed by atoms with Crippen LogP contribution in [0.2, 0.25) is 0 Å². The van der Waals surface area contributed by atoms with E-state index in [2.05, 4.69) is 10.6 Å². The fraction of sp³-hybridized carbons (Fsp3) is 0.667. The first-order valence-electron chi connectivity index (χ1n) is 6.55. The number of carboxylic acid groups (broad SMARTS) is 1. The Labute approximate surface area is 132 Å². The van der Waals surface area contributed by atoms with Crippen LogP contribution in [0.25, 0.3) is 0 Å². The number of carbonyl (C=O) groups excluding carboxylic acids is 3. The lowest BCUT2D eigenvalue weighted by Crippen LogP contribution is -2.55. The average Bonchev–Trinajstić information content (AvgIpc) is 2.42. The van der Waals surface area contributed by atoms with Crippen molar-refractivity contribution >= 4 is 35.5 Å². The highest BCUT2D eigenvalue weighted by Crippen LogP contribution is 2.01. The number of carbonyl (C=O) groups is 4. The minimum Gasteiger partial charge on any atom is -0.481 e. The van der Waals surface area contributed by atoms with Gasteiger partial charge in [0, 0.05) is 0 Å². The topological polar surface area (TPSA) is 165 Å². The van der Waals surface area contributed by atoms with E-state index in [0.717, 1.165) is 0 Å². The van der Waals surface area contributed by atoms with Crippen LogP contribution < -0.4 is 22.1 Å². The molecule has 0 heterocycles. The second-order valence-electron chi connectivity index (χ2n) is 4.68. The molecule has 126 valence electrons. The van der Waals surface area contributed by atoms with Gasteiger partial charge in [-0.05, 0) is 25.4 Å². The van der Waals surface area contributed by atoms with Gasteiger partial charge >= 0.3 is 5.97 Å². The van der Waals surface area contributed by atoms with E-state index in [9.17, 15) is 19.2 Å².